The van der Waals surface area contributed by atoms with Crippen LogP contribution in [0.25, 0.3) is 0 Å². The van der Waals surface area contributed by atoms with E-state index < -0.39 is 0 Å². The highest BCUT2D eigenvalue weighted by Gasteiger charge is 2.13. The molecule has 0 saturated carbocycles. The quantitative estimate of drug-likeness (QED) is 0.635. The van der Waals surface area contributed by atoms with Crippen molar-refractivity contribution in [2.24, 2.45) is 5.92 Å². The second kappa shape index (κ2) is 3.79. The lowest BCUT2D eigenvalue weighted by molar-refractivity contribution is 0.631. The van der Waals surface area contributed by atoms with Crippen LogP contribution >= 0.6 is 34.5 Å². The van der Waals surface area contributed by atoms with E-state index in [0.29, 0.717) is 5.92 Å². The van der Waals surface area contributed by atoms with Gasteiger partial charge in [0, 0.05) is 4.88 Å². The molecule has 0 N–H and O–H groups in total. The number of hydrogen-bond donors (Lipinski definition) is 0. The van der Waals surface area contributed by atoms with Gasteiger partial charge in [0.25, 0.3) is 0 Å². The van der Waals surface area contributed by atoms with Gasteiger partial charge >= 0.3 is 0 Å². The zero-order valence-electron chi connectivity index (χ0n) is 6.47. The molecule has 62 valence electrons. The average molecular weight is 209 g/mol. The van der Waals surface area contributed by atoms with Gasteiger partial charge in [0.05, 0.1) is 9.71 Å². The molecule has 0 fully saturated rings. The first kappa shape index (κ1) is 9.37. The first-order valence-electron chi connectivity index (χ1n) is 3.50. The molecule has 1 aromatic heterocycles. The van der Waals surface area contributed by atoms with Gasteiger partial charge in [0.15, 0.2) is 0 Å². The van der Waals surface area contributed by atoms with E-state index in [1.165, 1.54) is 0 Å². The molecule has 1 atom stereocenters. The van der Waals surface area contributed by atoms with E-state index in [4.69, 9.17) is 23.2 Å². The summed E-state index contributed by atoms with van der Waals surface area (Å²) >= 11 is 13.4. The molecule has 1 unspecified atom stereocenters. The highest BCUT2D eigenvalue weighted by Crippen LogP contribution is 2.35. The first-order chi connectivity index (χ1) is 5.11. The maximum atomic E-state index is 6.11. The van der Waals surface area contributed by atoms with Crippen LogP contribution in [0.5, 0.6) is 0 Å². The van der Waals surface area contributed by atoms with Crippen molar-refractivity contribution >= 4 is 34.5 Å². The molecular weight excluding hydrogens is 199 g/mol. The molecule has 0 aliphatic carbocycles. The molecule has 0 amide bonds. The Morgan fingerprint density at radius 3 is 2.36 bits per heavy atom. The SMILES string of the molecule is CC(C)C(Cl)c1ccc(Cl)s1. The fraction of sp³-hybridized carbons (Fsp3) is 0.500. The van der Waals surface area contributed by atoms with Crippen LogP contribution < -0.4 is 0 Å². The van der Waals surface area contributed by atoms with Crippen molar-refractivity contribution in [3.63, 3.8) is 0 Å². The minimum atomic E-state index is 0.104. The van der Waals surface area contributed by atoms with Crippen molar-refractivity contribution in [2.45, 2.75) is 19.2 Å². The fourth-order valence-electron chi connectivity index (χ4n) is 0.805. The second-order valence-electron chi connectivity index (χ2n) is 2.79. The van der Waals surface area contributed by atoms with Crippen LogP contribution in [0, 0.1) is 5.92 Å². The number of alkyl halides is 1. The van der Waals surface area contributed by atoms with Gasteiger partial charge in [-0.3, -0.25) is 0 Å². The highest BCUT2D eigenvalue weighted by molar-refractivity contribution is 7.16. The molecule has 11 heavy (non-hydrogen) atoms. The Labute approximate surface area is 81.1 Å². The summed E-state index contributed by atoms with van der Waals surface area (Å²) in [5, 5.41) is 0.104. The Bertz CT molecular complexity index is 230. The maximum absolute atomic E-state index is 6.11. The third kappa shape index (κ3) is 2.36. The van der Waals surface area contributed by atoms with Gasteiger partial charge in [-0.05, 0) is 18.1 Å². The van der Waals surface area contributed by atoms with E-state index in [0.717, 1.165) is 9.21 Å². The van der Waals surface area contributed by atoms with Gasteiger partial charge in [0.1, 0.15) is 0 Å². The van der Waals surface area contributed by atoms with Gasteiger partial charge in [-0.1, -0.05) is 25.4 Å². The maximum Gasteiger partial charge on any atom is 0.0931 e. The predicted molar refractivity (Wildman–Crippen MR) is 52.8 cm³/mol. The van der Waals surface area contributed by atoms with Crippen molar-refractivity contribution in [3.05, 3.63) is 21.3 Å². The van der Waals surface area contributed by atoms with Crippen LogP contribution in [0.4, 0.5) is 0 Å². The molecule has 0 saturated heterocycles. The first-order valence-corrected chi connectivity index (χ1v) is 5.13. The van der Waals surface area contributed by atoms with Crippen LogP contribution in [0.2, 0.25) is 4.34 Å². The highest BCUT2D eigenvalue weighted by atomic mass is 35.5. The Hall–Kier alpha value is 0.280. The Morgan fingerprint density at radius 2 is 2.00 bits per heavy atom. The second-order valence-corrected chi connectivity index (χ2v) is 5.00. The van der Waals surface area contributed by atoms with Gasteiger partial charge in [-0.25, -0.2) is 0 Å². The Balaban J connectivity index is 2.76. The van der Waals surface area contributed by atoms with Crippen LogP contribution in [0.15, 0.2) is 12.1 Å². The number of halogens is 2. The molecule has 1 aromatic rings. The minimum Gasteiger partial charge on any atom is -0.127 e. The van der Waals surface area contributed by atoms with Gasteiger partial charge < -0.3 is 0 Å². The topological polar surface area (TPSA) is 0 Å². The summed E-state index contributed by atoms with van der Waals surface area (Å²) in [6.07, 6.45) is 0. The summed E-state index contributed by atoms with van der Waals surface area (Å²) in [6.45, 7) is 4.20. The lowest BCUT2D eigenvalue weighted by Crippen LogP contribution is -1.95. The van der Waals surface area contributed by atoms with Crippen molar-refractivity contribution in [1.82, 2.24) is 0 Å². The molecule has 0 aliphatic heterocycles. The zero-order valence-corrected chi connectivity index (χ0v) is 8.80. The van der Waals surface area contributed by atoms with E-state index in [-0.39, 0.29) is 5.38 Å². The zero-order chi connectivity index (χ0) is 8.43. The van der Waals surface area contributed by atoms with E-state index in [2.05, 4.69) is 13.8 Å². The molecule has 0 nitrogen and oxygen atoms in total. The van der Waals surface area contributed by atoms with Crippen molar-refractivity contribution in [3.8, 4) is 0 Å². The number of rotatable bonds is 2. The number of hydrogen-bond acceptors (Lipinski definition) is 1. The van der Waals surface area contributed by atoms with Crippen LogP contribution in [-0.2, 0) is 0 Å². The third-order valence-corrected chi connectivity index (χ3v) is 3.63. The van der Waals surface area contributed by atoms with Gasteiger partial charge in [-0.2, -0.15) is 0 Å². The fourth-order valence-corrected chi connectivity index (χ4v) is 2.22. The van der Waals surface area contributed by atoms with E-state index in [9.17, 15) is 0 Å². The van der Waals surface area contributed by atoms with Crippen LogP contribution in [0.1, 0.15) is 24.1 Å². The summed E-state index contributed by atoms with van der Waals surface area (Å²) < 4.78 is 0.811. The Kier molecular flexibility index (Phi) is 3.23. The van der Waals surface area contributed by atoms with E-state index >= 15 is 0 Å². The summed E-state index contributed by atoms with van der Waals surface area (Å²) in [5.41, 5.74) is 0. The largest absolute Gasteiger partial charge is 0.127 e. The average Bonchev–Trinajstić information content (AvgIpc) is 2.34. The molecule has 3 heteroatoms. The predicted octanol–water partition coefficient (Wildman–Crippen LogP) is 4.34. The molecule has 0 bridgehead atoms. The monoisotopic (exact) mass is 208 g/mol. The lowest BCUT2D eigenvalue weighted by atomic mass is 10.1. The van der Waals surface area contributed by atoms with Crippen LogP contribution in [-0.4, -0.2) is 0 Å². The normalized spacial score (nSPS) is 13.9. The lowest BCUT2D eigenvalue weighted by Gasteiger charge is -2.09. The summed E-state index contributed by atoms with van der Waals surface area (Å²) in [7, 11) is 0. The number of thiophene rings is 1. The van der Waals surface area contributed by atoms with Crippen LogP contribution in [0.3, 0.4) is 0 Å². The molecular formula is C8H10Cl2S. The Morgan fingerprint density at radius 1 is 1.36 bits per heavy atom. The molecule has 1 rings (SSSR count). The van der Waals surface area contributed by atoms with Crippen molar-refractivity contribution in [1.29, 1.82) is 0 Å². The van der Waals surface area contributed by atoms with E-state index in [1.54, 1.807) is 11.3 Å². The smallest absolute Gasteiger partial charge is 0.0931 e. The standard InChI is InChI=1S/C8H10Cl2S/c1-5(2)8(10)6-3-4-7(9)11-6/h3-5,8H,1-2H3. The van der Waals surface area contributed by atoms with Crippen molar-refractivity contribution in [2.75, 3.05) is 0 Å². The molecule has 0 spiro atoms. The third-order valence-electron chi connectivity index (χ3n) is 1.45. The van der Waals surface area contributed by atoms with Gasteiger partial charge in [0.2, 0.25) is 0 Å². The molecule has 0 aliphatic rings. The summed E-state index contributed by atoms with van der Waals surface area (Å²) in [4.78, 5) is 1.16. The minimum absolute atomic E-state index is 0.104. The summed E-state index contributed by atoms with van der Waals surface area (Å²) in [6, 6.07) is 3.88. The van der Waals surface area contributed by atoms with E-state index in [1.807, 2.05) is 12.1 Å². The van der Waals surface area contributed by atoms with Crippen molar-refractivity contribution < 1.29 is 0 Å². The molecule has 1 heterocycles. The summed E-state index contributed by atoms with van der Waals surface area (Å²) in [5.74, 6) is 0.464. The molecule has 0 radical (unpaired) electrons. The van der Waals surface area contributed by atoms with Gasteiger partial charge in [-0.15, -0.1) is 22.9 Å². The molecule has 0 aromatic carbocycles.